The molecule has 1 aliphatic carbocycles. The highest BCUT2D eigenvalue weighted by Crippen LogP contribution is 2.47. The molecule has 2 aliphatic rings. The molecule has 152 valence electrons. The zero-order valence-electron chi connectivity index (χ0n) is 16.8. The molecule has 5 nitrogen and oxygen atoms in total. The number of anilines is 1. The van der Waals surface area contributed by atoms with Crippen molar-refractivity contribution in [3.8, 4) is 5.69 Å². The molecule has 0 amide bonds. The van der Waals surface area contributed by atoms with Gasteiger partial charge in [-0.3, -0.25) is 14.7 Å². The molecular formula is C24H22FN3O2. The number of carbonyl (C=O) groups excluding carboxylic acids is 1. The lowest BCUT2D eigenvalue weighted by molar-refractivity contribution is -0.118. The molecule has 6 heteroatoms. The molecule has 1 aliphatic heterocycles. The average Bonchev–Trinajstić information content (AvgIpc) is 3.02. The summed E-state index contributed by atoms with van der Waals surface area (Å²) in [6.45, 7) is 4.11. The summed E-state index contributed by atoms with van der Waals surface area (Å²) in [4.78, 5) is 26.7. The van der Waals surface area contributed by atoms with Crippen LogP contribution < -0.4 is 10.9 Å². The molecule has 0 radical (unpaired) electrons. The Morgan fingerprint density at radius 1 is 1.03 bits per heavy atom. The van der Waals surface area contributed by atoms with Gasteiger partial charge in [-0.1, -0.05) is 44.2 Å². The lowest BCUT2D eigenvalue weighted by atomic mass is 9.69. The first-order valence-electron chi connectivity index (χ1n) is 10.0. The van der Waals surface area contributed by atoms with E-state index in [1.54, 1.807) is 12.1 Å². The molecule has 0 spiro atoms. The number of H-pyrrole nitrogens is 1. The number of benzene rings is 2. The number of halogens is 1. The van der Waals surface area contributed by atoms with Gasteiger partial charge in [0.25, 0.3) is 5.56 Å². The molecule has 0 bridgehead atoms. The summed E-state index contributed by atoms with van der Waals surface area (Å²) in [5.74, 6) is -0.440. The molecule has 30 heavy (non-hydrogen) atoms. The summed E-state index contributed by atoms with van der Waals surface area (Å²) >= 11 is 0. The van der Waals surface area contributed by atoms with Crippen LogP contribution in [0, 0.1) is 11.2 Å². The Hall–Kier alpha value is -3.41. The Labute approximate surface area is 173 Å². The fraction of sp³-hybridized carbons (Fsp3) is 0.250. The number of aromatic nitrogens is 2. The van der Waals surface area contributed by atoms with Gasteiger partial charge in [-0.05, 0) is 41.7 Å². The Balaban J connectivity index is 1.76. The number of allylic oxidation sites excluding steroid dienone is 2. The number of nitrogens with zero attached hydrogens (tertiary/aromatic N) is 1. The minimum Gasteiger partial charge on any atom is -0.343 e. The van der Waals surface area contributed by atoms with Gasteiger partial charge in [-0.2, -0.15) is 0 Å². The van der Waals surface area contributed by atoms with E-state index in [1.807, 2.05) is 30.3 Å². The summed E-state index contributed by atoms with van der Waals surface area (Å²) in [7, 11) is 0. The third kappa shape index (κ3) is 2.91. The van der Waals surface area contributed by atoms with Crippen LogP contribution in [0.1, 0.15) is 43.7 Å². The van der Waals surface area contributed by atoms with Gasteiger partial charge >= 0.3 is 0 Å². The topological polar surface area (TPSA) is 66.9 Å². The number of rotatable bonds is 2. The van der Waals surface area contributed by atoms with Gasteiger partial charge in [0.05, 0.1) is 11.3 Å². The Morgan fingerprint density at radius 3 is 2.53 bits per heavy atom. The van der Waals surface area contributed by atoms with E-state index in [2.05, 4.69) is 24.3 Å². The van der Waals surface area contributed by atoms with Crippen molar-refractivity contribution in [2.24, 2.45) is 5.41 Å². The summed E-state index contributed by atoms with van der Waals surface area (Å²) in [5.41, 5.74) is 2.69. The quantitative estimate of drug-likeness (QED) is 0.662. The van der Waals surface area contributed by atoms with Crippen LogP contribution in [-0.4, -0.2) is 15.6 Å². The van der Waals surface area contributed by atoms with Gasteiger partial charge in [0.2, 0.25) is 0 Å². The van der Waals surface area contributed by atoms with Crippen molar-refractivity contribution in [2.45, 2.75) is 32.6 Å². The molecule has 3 aromatic rings. The van der Waals surface area contributed by atoms with E-state index in [0.717, 1.165) is 5.70 Å². The van der Waals surface area contributed by atoms with Gasteiger partial charge in [-0.25, -0.2) is 9.07 Å². The third-order valence-electron chi connectivity index (χ3n) is 5.90. The van der Waals surface area contributed by atoms with Gasteiger partial charge in [0.15, 0.2) is 5.78 Å². The van der Waals surface area contributed by atoms with Crippen LogP contribution in [0.5, 0.6) is 0 Å². The maximum absolute atomic E-state index is 14.1. The number of aromatic amines is 1. The first kappa shape index (κ1) is 18.6. The van der Waals surface area contributed by atoms with Crippen molar-refractivity contribution >= 4 is 11.6 Å². The van der Waals surface area contributed by atoms with Crippen LogP contribution in [0.25, 0.3) is 5.69 Å². The number of ketones is 1. The molecule has 0 saturated carbocycles. The molecule has 2 heterocycles. The minimum atomic E-state index is -0.607. The number of hydrogen-bond donors (Lipinski definition) is 2. The molecule has 1 aromatic heterocycles. The van der Waals surface area contributed by atoms with Crippen molar-refractivity contribution in [3.05, 3.63) is 93.2 Å². The van der Waals surface area contributed by atoms with Gasteiger partial charge in [-0.15, -0.1) is 0 Å². The van der Waals surface area contributed by atoms with Gasteiger partial charge in [0.1, 0.15) is 11.6 Å². The van der Waals surface area contributed by atoms with Crippen molar-refractivity contribution in [2.75, 3.05) is 5.32 Å². The van der Waals surface area contributed by atoms with E-state index in [4.69, 9.17) is 0 Å². The second kappa shape index (κ2) is 6.55. The Morgan fingerprint density at radius 2 is 1.80 bits per heavy atom. The molecule has 0 fully saturated rings. The lowest BCUT2D eigenvalue weighted by Gasteiger charge is -2.37. The largest absolute Gasteiger partial charge is 0.343 e. The van der Waals surface area contributed by atoms with Crippen molar-refractivity contribution in [1.82, 2.24) is 9.78 Å². The summed E-state index contributed by atoms with van der Waals surface area (Å²) in [6.07, 6.45) is 1.07. The van der Waals surface area contributed by atoms with Gasteiger partial charge in [0, 0.05) is 23.6 Å². The molecule has 0 saturated heterocycles. The maximum atomic E-state index is 14.1. The zero-order chi connectivity index (χ0) is 21.0. The van der Waals surface area contributed by atoms with E-state index < -0.39 is 11.7 Å². The molecular weight excluding hydrogens is 381 g/mol. The molecule has 2 aromatic carbocycles. The van der Waals surface area contributed by atoms with Crippen LogP contribution in [0.4, 0.5) is 10.2 Å². The predicted molar refractivity (Wildman–Crippen MR) is 113 cm³/mol. The summed E-state index contributed by atoms with van der Waals surface area (Å²) < 4.78 is 15.6. The average molecular weight is 403 g/mol. The molecule has 5 rings (SSSR count). The van der Waals surface area contributed by atoms with E-state index in [-0.39, 0.29) is 16.8 Å². The number of Topliss-reactive ketones (excluding diaryl/α,β-unsaturated/α-hetero) is 1. The highest BCUT2D eigenvalue weighted by molar-refractivity contribution is 6.01. The Bertz CT molecular complexity index is 1250. The number of carbonyl (C=O) groups is 1. The lowest BCUT2D eigenvalue weighted by Crippen LogP contribution is -2.35. The van der Waals surface area contributed by atoms with Crippen LogP contribution in [0.2, 0.25) is 0 Å². The van der Waals surface area contributed by atoms with Crippen LogP contribution in [0.15, 0.2) is 70.7 Å². The van der Waals surface area contributed by atoms with Crippen molar-refractivity contribution < 1.29 is 9.18 Å². The number of nitrogens with one attached hydrogen (secondary N) is 2. The van der Waals surface area contributed by atoms with Gasteiger partial charge < -0.3 is 5.32 Å². The smallest absolute Gasteiger partial charge is 0.277 e. The maximum Gasteiger partial charge on any atom is 0.277 e. The normalized spacial score (nSPS) is 19.8. The third-order valence-corrected chi connectivity index (χ3v) is 5.90. The molecule has 0 unspecified atom stereocenters. The first-order chi connectivity index (χ1) is 14.3. The number of fused-ring (bicyclic) bond motifs is 1. The molecule has 1 atom stereocenters. The van der Waals surface area contributed by atoms with Crippen LogP contribution in [-0.2, 0) is 4.79 Å². The molecule has 2 N–H and O–H groups in total. The fourth-order valence-corrected chi connectivity index (χ4v) is 4.67. The zero-order valence-corrected chi connectivity index (χ0v) is 16.8. The second-order valence-electron chi connectivity index (χ2n) is 8.82. The van der Waals surface area contributed by atoms with Crippen LogP contribution in [0.3, 0.4) is 0 Å². The van der Waals surface area contributed by atoms with E-state index in [9.17, 15) is 14.0 Å². The number of hydrogen-bond acceptors (Lipinski definition) is 3. The monoisotopic (exact) mass is 403 g/mol. The van der Waals surface area contributed by atoms with Crippen molar-refractivity contribution in [1.29, 1.82) is 0 Å². The Kier molecular flexibility index (Phi) is 4.07. The second-order valence-corrected chi connectivity index (χ2v) is 8.82. The highest BCUT2D eigenvalue weighted by Gasteiger charge is 2.43. The van der Waals surface area contributed by atoms with E-state index in [1.165, 1.54) is 16.8 Å². The summed E-state index contributed by atoms with van der Waals surface area (Å²) in [5, 5.41) is 6.48. The van der Waals surface area contributed by atoms with Crippen molar-refractivity contribution in [3.63, 3.8) is 0 Å². The summed E-state index contributed by atoms with van der Waals surface area (Å²) in [6, 6.07) is 15.4. The predicted octanol–water partition coefficient (Wildman–Crippen LogP) is 4.51. The highest BCUT2D eigenvalue weighted by atomic mass is 19.1. The SMILES string of the molecule is CC1(C)CC(=O)C2=C(C1)Nc1[nH]n(-c3ccccc3)c(=O)c1[C@H]2c1cccc(F)c1. The fourth-order valence-electron chi connectivity index (χ4n) is 4.67. The van der Waals surface area contributed by atoms with E-state index in [0.29, 0.717) is 41.0 Å². The van der Waals surface area contributed by atoms with E-state index >= 15 is 0 Å². The van der Waals surface area contributed by atoms with Crippen LogP contribution >= 0.6 is 0 Å². The number of para-hydroxylation sites is 1. The standard InChI is InChI=1S/C24H22FN3O2/c1-24(2)12-17-20(18(29)13-24)19(14-7-6-8-15(25)11-14)21-22(26-17)27-28(23(21)30)16-9-4-3-5-10-16/h3-11,19,26-27H,12-13H2,1-2H3/t19-/m0/s1. The first-order valence-corrected chi connectivity index (χ1v) is 10.0. The minimum absolute atomic E-state index is 0.000484.